The van der Waals surface area contributed by atoms with Crippen LogP contribution < -0.4 is 4.90 Å². The summed E-state index contributed by atoms with van der Waals surface area (Å²) in [7, 11) is -1.57. The highest BCUT2D eigenvalue weighted by molar-refractivity contribution is 7.90. The van der Waals surface area contributed by atoms with Crippen molar-refractivity contribution in [1.29, 1.82) is 0 Å². The van der Waals surface area contributed by atoms with E-state index in [2.05, 4.69) is 0 Å². The number of carbonyl (C=O) groups excluding carboxylic acids is 2. The Morgan fingerprint density at radius 1 is 1.00 bits per heavy atom. The molecule has 6 rings (SSSR count). The molecule has 1 aromatic carbocycles. The van der Waals surface area contributed by atoms with Gasteiger partial charge in [0.2, 0.25) is 11.8 Å². The maximum Gasteiger partial charge on any atom is 0.249 e. The van der Waals surface area contributed by atoms with Crippen LogP contribution in [0.3, 0.4) is 0 Å². The summed E-state index contributed by atoms with van der Waals surface area (Å²) in [6.45, 7) is 0.665. The van der Waals surface area contributed by atoms with Crippen LogP contribution in [-0.4, -0.2) is 51.0 Å². The highest BCUT2D eigenvalue weighted by atomic mass is 32.2. The Balaban J connectivity index is 1.34. The number of carbonyl (C=O) groups is 2. The molecule has 6 nitrogen and oxygen atoms in total. The summed E-state index contributed by atoms with van der Waals surface area (Å²) in [6, 6.07) is 5.96. The molecule has 7 heteroatoms. The standard InChI is InChI=1S/C24H32N2O4S/c1-25(19-5-7-20(8-6-19)31(2,29)30)22(27)21-4-3-9-26(21)23(28)24-13-16-10-17(14-24)12-18(11-16)15-24/h5-8,16-18,21H,3-4,9-15H2,1-2H3. The second-order valence-electron chi connectivity index (χ2n) is 10.5. The van der Waals surface area contributed by atoms with Gasteiger partial charge < -0.3 is 9.80 Å². The summed E-state index contributed by atoms with van der Waals surface area (Å²) in [5, 5.41) is 0. The van der Waals surface area contributed by atoms with Gasteiger partial charge in [0.05, 0.1) is 10.3 Å². The molecule has 1 aromatic rings. The molecule has 2 amide bonds. The molecule has 1 unspecified atom stereocenters. The SMILES string of the molecule is CN(C(=O)C1CCCN1C(=O)C12CC3CC(CC(C3)C1)C2)c1ccc(S(C)(=O)=O)cc1. The summed E-state index contributed by atoms with van der Waals surface area (Å²) in [5.41, 5.74) is 0.416. The van der Waals surface area contributed by atoms with Crippen molar-refractivity contribution in [2.45, 2.75) is 62.3 Å². The van der Waals surface area contributed by atoms with E-state index in [4.69, 9.17) is 0 Å². The van der Waals surface area contributed by atoms with Crippen molar-refractivity contribution >= 4 is 27.3 Å². The van der Waals surface area contributed by atoms with E-state index in [1.54, 1.807) is 24.1 Å². The van der Waals surface area contributed by atoms with Gasteiger partial charge in [0.25, 0.3) is 0 Å². The second kappa shape index (κ2) is 7.32. The Hall–Kier alpha value is -1.89. The fourth-order valence-corrected chi connectivity index (χ4v) is 7.84. The van der Waals surface area contributed by atoms with Crippen molar-refractivity contribution in [3.05, 3.63) is 24.3 Å². The average Bonchev–Trinajstić information content (AvgIpc) is 3.20. The lowest BCUT2D eigenvalue weighted by molar-refractivity contribution is -0.160. The van der Waals surface area contributed by atoms with Gasteiger partial charge in [-0.2, -0.15) is 0 Å². The third kappa shape index (κ3) is 3.59. The first-order valence-corrected chi connectivity index (χ1v) is 13.4. The predicted molar refractivity (Wildman–Crippen MR) is 118 cm³/mol. The largest absolute Gasteiger partial charge is 0.330 e. The molecule has 1 atom stereocenters. The third-order valence-electron chi connectivity index (χ3n) is 8.27. The van der Waals surface area contributed by atoms with Gasteiger partial charge in [0.15, 0.2) is 9.84 Å². The van der Waals surface area contributed by atoms with Gasteiger partial charge in [-0.25, -0.2) is 8.42 Å². The van der Waals surface area contributed by atoms with Crippen molar-refractivity contribution in [2.24, 2.45) is 23.2 Å². The smallest absolute Gasteiger partial charge is 0.249 e. The van der Waals surface area contributed by atoms with Crippen LogP contribution in [0.25, 0.3) is 0 Å². The van der Waals surface area contributed by atoms with Gasteiger partial charge in [-0.05, 0) is 93.4 Å². The van der Waals surface area contributed by atoms with E-state index in [-0.39, 0.29) is 22.1 Å². The predicted octanol–water partition coefficient (Wildman–Crippen LogP) is 3.26. The summed E-state index contributed by atoms with van der Waals surface area (Å²) >= 11 is 0. The number of hydrogen-bond donors (Lipinski definition) is 0. The molecule has 4 aliphatic carbocycles. The van der Waals surface area contributed by atoms with Gasteiger partial charge in [-0.1, -0.05) is 0 Å². The highest BCUT2D eigenvalue weighted by Crippen LogP contribution is 2.60. The van der Waals surface area contributed by atoms with Crippen molar-refractivity contribution < 1.29 is 18.0 Å². The molecule has 0 aromatic heterocycles. The Morgan fingerprint density at radius 2 is 1.55 bits per heavy atom. The van der Waals surface area contributed by atoms with Gasteiger partial charge in [-0.15, -0.1) is 0 Å². The zero-order valence-corrected chi connectivity index (χ0v) is 19.2. The van der Waals surface area contributed by atoms with Crippen molar-refractivity contribution in [2.75, 3.05) is 24.7 Å². The quantitative estimate of drug-likeness (QED) is 0.714. The van der Waals surface area contributed by atoms with E-state index < -0.39 is 15.9 Å². The van der Waals surface area contributed by atoms with Crippen molar-refractivity contribution in [3.63, 3.8) is 0 Å². The Kier molecular flexibility index (Phi) is 4.96. The average molecular weight is 445 g/mol. The highest BCUT2D eigenvalue weighted by Gasteiger charge is 2.57. The molecular weight excluding hydrogens is 412 g/mol. The molecule has 168 valence electrons. The van der Waals surface area contributed by atoms with Crippen LogP contribution in [0, 0.1) is 23.2 Å². The normalized spacial score (nSPS) is 34.2. The number of likely N-dealkylation sites (N-methyl/N-ethyl adjacent to an activating group) is 1. The lowest BCUT2D eigenvalue weighted by Crippen LogP contribution is -2.57. The molecule has 4 saturated carbocycles. The van der Waals surface area contributed by atoms with E-state index >= 15 is 0 Å². The molecule has 1 heterocycles. The minimum atomic E-state index is -3.28. The number of anilines is 1. The van der Waals surface area contributed by atoms with E-state index in [0.717, 1.165) is 25.7 Å². The van der Waals surface area contributed by atoms with Crippen LogP contribution in [0.15, 0.2) is 29.2 Å². The number of rotatable bonds is 4. The van der Waals surface area contributed by atoms with Crippen molar-refractivity contribution in [3.8, 4) is 0 Å². The molecule has 1 aliphatic heterocycles. The number of nitrogens with zero attached hydrogens (tertiary/aromatic N) is 2. The number of amides is 2. The van der Waals surface area contributed by atoms with Crippen LogP contribution >= 0.6 is 0 Å². The monoisotopic (exact) mass is 444 g/mol. The van der Waals surface area contributed by atoms with Gasteiger partial charge >= 0.3 is 0 Å². The van der Waals surface area contributed by atoms with Crippen LogP contribution in [0.5, 0.6) is 0 Å². The molecule has 1 saturated heterocycles. The van der Waals surface area contributed by atoms with Crippen LogP contribution in [0.2, 0.25) is 0 Å². The molecular formula is C24H32N2O4S. The number of benzene rings is 1. The first kappa shape index (κ1) is 21.0. The van der Waals surface area contributed by atoms with Crippen LogP contribution in [0.1, 0.15) is 51.4 Å². The molecule has 5 aliphatic rings. The Morgan fingerprint density at radius 3 is 2.06 bits per heavy atom. The zero-order chi connectivity index (χ0) is 22.0. The summed E-state index contributed by atoms with van der Waals surface area (Å²) in [4.78, 5) is 30.9. The first-order valence-electron chi connectivity index (χ1n) is 11.5. The number of sulfone groups is 1. The Labute approximate surface area is 184 Å². The molecule has 0 N–H and O–H groups in total. The minimum Gasteiger partial charge on any atom is -0.330 e. The van der Waals surface area contributed by atoms with Gasteiger partial charge in [0, 0.05) is 25.5 Å². The summed E-state index contributed by atoms with van der Waals surface area (Å²) < 4.78 is 23.4. The third-order valence-corrected chi connectivity index (χ3v) is 9.40. The minimum absolute atomic E-state index is 0.0808. The fourth-order valence-electron chi connectivity index (χ4n) is 7.21. The molecule has 31 heavy (non-hydrogen) atoms. The van der Waals surface area contributed by atoms with Crippen LogP contribution in [-0.2, 0) is 19.4 Å². The molecule has 5 fully saturated rings. The van der Waals surface area contributed by atoms with E-state index in [0.29, 0.717) is 36.4 Å². The van der Waals surface area contributed by atoms with Crippen LogP contribution in [0.4, 0.5) is 5.69 Å². The van der Waals surface area contributed by atoms with Gasteiger partial charge in [0.1, 0.15) is 6.04 Å². The summed E-state index contributed by atoms with van der Waals surface area (Å²) in [5.74, 6) is 2.24. The van der Waals surface area contributed by atoms with Gasteiger partial charge in [-0.3, -0.25) is 9.59 Å². The maximum absolute atomic E-state index is 13.8. The fraction of sp³-hybridized carbons (Fsp3) is 0.667. The topological polar surface area (TPSA) is 74.8 Å². The molecule has 0 radical (unpaired) electrons. The second-order valence-corrected chi connectivity index (χ2v) is 12.5. The number of hydrogen-bond acceptors (Lipinski definition) is 4. The molecule has 4 bridgehead atoms. The van der Waals surface area contributed by atoms with E-state index in [1.807, 2.05) is 4.90 Å². The first-order chi connectivity index (χ1) is 14.7. The lowest BCUT2D eigenvalue weighted by Gasteiger charge is -2.56. The summed E-state index contributed by atoms with van der Waals surface area (Å²) in [6.07, 6.45) is 9.64. The molecule has 0 spiro atoms. The zero-order valence-electron chi connectivity index (χ0n) is 18.4. The maximum atomic E-state index is 13.8. The van der Waals surface area contributed by atoms with E-state index in [9.17, 15) is 18.0 Å². The Bertz CT molecular complexity index is 966. The lowest BCUT2D eigenvalue weighted by atomic mass is 9.49. The number of likely N-dealkylation sites (tertiary alicyclic amines) is 1. The van der Waals surface area contributed by atoms with Crippen molar-refractivity contribution in [1.82, 2.24) is 4.90 Å². The van der Waals surface area contributed by atoms with E-state index in [1.165, 1.54) is 37.7 Å².